The summed E-state index contributed by atoms with van der Waals surface area (Å²) >= 11 is 0. The van der Waals surface area contributed by atoms with E-state index in [2.05, 4.69) is 5.32 Å². The molecule has 3 rings (SSSR count). The Bertz CT molecular complexity index is 755. The molecule has 1 N–H and O–H groups in total. The number of piperidine rings is 1. The van der Waals surface area contributed by atoms with Crippen molar-refractivity contribution in [3.63, 3.8) is 0 Å². The van der Waals surface area contributed by atoms with Gasteiger partial charge in [-0.1, -0.05) is 30.3 Å². The number of carbonyl (C=O) groups excluding carboxylic acids is 2. The Morgan fingerprint density at radius 1 is 1.00 bits per heavy atom. The number of carbonyl (C=O) groups is 2. The molecule has 6 heteroatoms. The molecule has 26 heavy (non-hydrogen) atoms. The first kappa shape index (κ1) is 17.8. The van der Waals surface area contributed by atoms with E-state index in [0.717, 1.165) is 0 Å². The van der Waals surface area contributed by atoms with Gasteiger partial charge in [-0.3, -0.25) is 4.79 Å². The van der Waals surface area contributed by atoms with Gasteiger partial charge >= 0.3 is 6.09 Å². The second kappa shape index (κ2) is 8.38. The van der Waals surface area contributed by atoms with Crippen LogP contribution in [-0.4, -0.2) is 37.1 Å². The summed E-state index contributed by atoms with van der Waals surface area (Å²) in [5.41, 5.74) is 0.636. The molecule has 136 valence electrons. The van der Waals surface area contributed by atoms with E-state index in [-0.39, 0.29) is 17.9 Å². The number of nitrogens with zero attached hydrogens (tertiary/aromatic N) is 1. The Morgan fingerprint density at radius 2 is 1.65 bits per heavy atom. The van der Waals surface area contributed by atoms with Crippen LogP contribution in [0.3, 0.4) is 0 Å². The van der Waals surface area contributed by atoms with Crippen molar-refractivity contribution >= 4 is 17.7 Å². The van der Waals surface area contributed by atoms with Crippen LogP contribution in [0.25, 0.3) is 0 Å². The maximum atomic E-state index is 12.6. The van der Waals surface area contributed by atoms with Crippen molar-refractivity contribution in [3.8, 4) is 11.5 Å². The molecule has 1 aliphatic heterocycles. The van der Waals surface area contributed by atoms with Crippen molar-refractivity contribution in [2.75, 3.05) is 25.5 Å². The van der Waals surface area contributed by atoms with Gasteiger partial charge in [-0.05, 0) is 37.1 Å². The molecule has 1 saturated heterocycles. The van der Waals surface area contributed by atoms with Gasteiger partial charge in [-0.15, -0.1) is 0 Å². The largest absolute Gasteiger partial charge is 0.455 e. The Kier molecular flexibility index (Phi) is 5.73. The van der Waals surface area contributed by atoms with Gasteiger partial charge in [0.1, 0.15) is 5.75 Å². The summed E-state index contributed by atoms with van der Waals surface area (Å²) in [5, 5.41) is 2.96. The third-order valence-corrected chi connectivity index (χ3v) is 4.41. The Balaban J connectivity index is 1.62. The smallest absolute Gasteiger partial charge is 0.409 e. The van der Waals surface area contributed by atoms with Crippen molar-refractivity contribution in [2.45, 2.75) is 12.8 Å². The number of nitrogens with one attached hydrogen (secondary N) is 1. The number of likely N-dealkylation sites (tertiary alicyclic amines) is 1. The van der Waals surface area contributed by atoms with Crippen LogP contribution in [0.15, 0.2) is 54.6 Å². The molecule has 2 aromatic rings. The first-order chi connectivity index (χ1) is 12.7. The van der Waals surface area contributed by atoms with Gasteiger partial charge in [-0.2, -0.15) is 0 Å². The van der Waals surface area contributed by atoms with Crippen molar-refractivity contribution < 1.29 is 19.1 Å². The van der Waals surface area contributed by atoms with Crippen molar-refractivity contribution in [1.29, 1.82) is 0 Å². The third-order valence-electron chi connectivity index (χ3n) is 4.41. The highest BCUT2D eigenvalue weighted by Gasteiger charge is 2.28. The summed E-state index contributed by atoms with van der Waals surface area (Å²) in [6.45, 7) is 1.04. The molecular weight excluding hydrogens is 332 g/mol. The lowest BCUT2D eigenvalue weighted by atomic mass is 9.96. The SMILES string of the molecule is COC(=O)N1CCC(C(=O)Nc2ccccc2Oc2ccccc2)CC1. The zero-order valence-electron chi connectivity index (χ0n) is 14.7. The van der Waals surface area contributed by atoms with Gasteiger partial charge in [0.2, 0.25) is 5.91 Å². The number of rotatable bonds is 4. The lowest BCUT2D eigenvalue weighted by molar-refractivity contribution is -0.121. The molecule has 0 atom stereocenters. The monoisotopic (exact) mass is 354 g/mol. The Morgan fingerprint density at radius 3 is 2.35 bits per heavy atom. The average molecular weight is 354 g/mol. The summed E-state index contributed by atoms with van der Waals surface area (Å²) in [4.78, 5) is 25.8. The van der Waals surface area contributed by atoms with Crippen LogP contribution >= 0.6 is 0 Å². The molecule has 0 saturated carbocycles. The molecule has 0 aromatic heterocycles. The molecular formula is C20H22N2O4. The summed E-state index contributed by atoms with van der Waals surface area (Å²) in [6, 6.07) is 16.8. The van der Waals surface area contributed by atoms with E-state index >= 15 is 0 Å². The van der Waals surface area contributed by atoms with Crippen LogP contribution < -0.4 is 10.1 Å². The molecule has 1 fully saturated rings. The number of ether oxygens (including phenoxy) is 2. The highest BCUT2D eigenvalue weighted by Crippen LogP contribution is 2.30. The average Bonchev–Trinajstić information content (AvgIpc) is 2.69. The lowest BCUT2D eigenvalue weighted by Crippen LogP contribution is -2.41. The normalized spacial score (nSPS) is 14.6. The van der Waals surface area contributed by atoms with E-state index in [9.17, 15) is 9.59 Å². The fraction of sp³-hybridized carbons (Fsp3) is 0.300. The van der Waals surface area contributed by atoms with Gasteiger partial charge in [-0.25, -0.2) is 4.79 Å². The minimum absolute atomic E-state index is 0.0568. The fourth-order valence-corrected chi connectivity index (χ4v) is 2.96. The quantitative estimate of drug-likeness (QED) is 0.904. The zero-order chi connectivity index (χ0) is 18.4. The minimum atomic E-state index is -0.342. The second-order valence-corrected chi connectivity index (χ2v) is 6.13. The van der Waals surface area contributed by atoms with Crippen LogP contribution in [0.4, 0.5) is 10.5 Å². The number of anilines is 1. The second-order valence-electron chi connectivity index (χ2n) is 6.13. The van der Waals surface area contributed by atoms with E-state index in [1.807, 2.05) is 54.6 Å². The van der Waals surface area contributed by atoms with Gasteiger partial charge in [0.25, 0.3) is 0 Å². The van der Waals surface area contributed by atoms with Crippen LogP contribution in [-0.2, 0) is 9.53 Å². The summed E-state index contributed by atoms with van der Waals surface area (Å²) in [7, 11) is 1.37. The molecule has 0 radical (unpaired) electrons. The van der Waals surface area contributed by atoms with Gasteiger partial charge in [0.05, 0.1) is 12.8 Å². The van der Waals surface area contributed by atoms with Crippen molar-refractivity contribution in [1.82, 2.24) is 4.90 Å². The highest BCUT2D eigenvalue weighted by molar-refractivity contribution is 5.94. The zero-order valence-corrected chi connectivity index (χ0v) is 14.7. The fourth-order valence-electron chi connectivity index (χ4n) is 2.96. The minimum Gasteiger partial charge on any atom is -0.455 e. The first-order valence-electron chi connectivity index (χ1n) is 8.63. The van der Waals surface area contributed by atoms with Gasteiger partial charge in [0, 0.05) is 19.0 Å². The number of methoxy groups -OCH3 is 1. The molecule has 2 amide bonds. The van der Waals surface area contributed by atoms with Crippen molar-refractivity contribution in [3.05, 3.63) is 54.6 Å². The van der Waals surface area contributed by atoms with E-state index < -0.39 is 0 Å². The van der Waals surface area contributed by atoms with E-state index in [1.54, 1.807) is 4.90 Å². The molecule has 6 nitrogen and oxygen atoms in total. The summed E-state index contributed by atoms with van der Waals surface area (Å²) in [6.07, 6.45) is 0.885. The molecule has 0 spiro atoms. The van der Waals surface area contributed by atoms with Crippen LogP contribution in [0.5, 0.6) is 11.5 Å². The third kappa shape index (κ3) is 4.33. The van der Waals surface area contributed by atoms with Crippen LogP contribution in [0.1, 0.15) is 12.8 Å². The first-order valence-corrected chi connectivity index (χ1v) is 8.63. The Labute approximate surface area is 152 Å². The Hall–Kier alpha value is -3.02. The predicted molar refractivity (Wildman–Crippen MR) is 98.3 cm³/mol. The van der Waals surface area contributed by atoms with E-state index in [1.165, 1.54) is 7.11 Å². The topological polar surface area (TPSA) is 67.9 Å². The molecule has 1 aliphatic rings. The number of para-hydroxylation sites is 3. The number of benzene rings is 2. The number of hydrogen-bond donors (Lipinski definition) is 1. The molecule has 1 heterocycles. The molecule has 0 unspecified atom stereocenters. The number of hydrogen-bond acceptors (Lipinski definition) is 4. The van der Waals surface area contributed by atoms with Gasteiger partial charge < -0.3 is 19.7 Å². The predicted octanol–water partition coefficient (Wildman–Crippen LogP) is 3.90. The molecule has 2 aromatic carbocycles. The molecule has 0 bridgehead atoms. The number of amides is 2. The lowest BCUT2D eigenvalue weighted by Gasteiger charge is -2.30. The van der Waals surface area contributed by atoms with Gasteiger partial charge in [0.15, 0.2) is 5.75 Å². The standard InChI is InChI=1S/C20H22N2O4/c1-25-20(24)22-13-11-15(12-14-22)19(23)21-17-9-5-6-10-18(17)26-16-7-3-2-4-8-16/h2-10,15H,11-14H2,1H3,(H,21,23). The van der Waals surface area contributed by atoms with Crippen LogP contribution in [0, 0.1) is 5.92 Å². The van der Waals surface area contributed by atoms with E-state index in [0.29, 0.717) is 43.1 Å². The van der Waals surface area contributed by atoms with E-state index in [4.69, 9.17) is 9.47 Å². The van der Waals surface area contributed by atoms with Crippen LogP contribution in [0.2, 0.25) is 0 Å². The molecule has 0 aliphatic carbocycles. The highest BCUT2D eigenvalue weighted by atomic mass is 16.5. The summed E-state index contributed by atoms with van der Waals surface area (Å²) in [5.74, 6) is 1.11. The summed E-state index contributed by atoms with van der Waals surface area (Å²) < 4.78 is 10.6. The van der Waals surface area contributed by atoms with Crippen molar-refractivity contribution in [2.24, 2.45) is 5.92 Å². The maximum Gasteiger partial charge on any atom is 0.409 e. The maximum absolute atomic E-state index is 12.6.